The number of benzene rings is 2. The van der Waals surface area contributed by atoms with Crippen LogP contribution >= 0.6 is 11.6 Å². The van der Waals surface area contributed by atoms with Gasteiger partial charge in [0.15, 0.2) is 11.6 Å². The Labute approximate surface area is 153 Å². The molecule has 0 radical (unpaired) electrons. The second kappa shape index (κ2) is 7.93. The highest BCUT2D eigenvalue weighted by Gasteiger charge is 2.06. The first-order chi connectivity index (χ1) is 12.5. The van der Waals surface area contributed by atoms with Crippen molar-refractivity contribution in [3.63, 3.8) is 0 Å². The lowest BCUT2D eigenvalue weighted by Crippen LogP contribution is -2.15. The van der Waals surface area contributed by atoms with Gasteiger partial charge in [0, 0.05) is 16.8 Å². The van der Waals surface area contributed by atoms with Crippen LogP contribution in [0.5, 0.6) is 0 Å². The maximum absolute atomic E-state index is 13.2. The zero-order valence-electron chi connectivity index (χ0n) is 13.5. The average Bonchev–Trinajstić information content (AvgIpc) is 2.62. The Kier molecular flexibility index (Phi) is 5.43. The van der Waals surface area contributed by atoms with Crippen LogP contribution in [0.3, 0.4) is 0 Å². The molecule has 7 heteroatoms. The van der Waals surface area contributed by atoms with Gasteiger partial charge in [0.25, 0.3) is 0 Å². The summed E-state index contributed by atoms with van der Waals surface area (Å²) in [5, 5.41) is 6.21. The number of hydrogen-bond donors (Lipinski definition) is 2. The van der Waals surface area contributed by atoms with E-state index in [4.69, 9.17) is 11.6 Å². The molecule has 4 nitrogen and oxygen atoms in total. The predicted molar refractivity (Wildman–Crippen MR) is 97.7 cm³/mol. The van der Waals surface area contributed by atoms with E-state index >= 15 is 0 Å². The summed E-state index contributed by atoms with van der Waals surface area (Å²) < 4.78 is 26.1. The highest BCUT2D eigenvalue weighted by atomic mass is 35.5. The third-order valence-electron chi connectivity index (χ3n) is 3.52. The molecule has 0 bridgehead atoms. The number of aromatic nitrogens is 1. The summed E-state index contributed by atoms with van der Waals surface area (Å²) >= 11 is 5.81. The molecular formula is C19H14ClF2N3O. The Morgan fingerprint density at radius 1 is 0.962 bits per heavy atom. The van der Waals surface area contributed by atoms with Crippen LogP contribution in [-0.2, 0) is 11.2 Å². The molecule has 0 atom stereocenters. The monoisotopic (exact) mass is 373 g/mol. The van der Waals surface area contributed by atoms with Gasteiger partial charge in [0.05, 0.1) is 18.3 Å². The van der Waals surface area contributed by atoms with E-state index in [1.165, 1.54) is 12.3 Å². The van der Waals surface area contributed by atoms with Gasteiger partial charge in [-0.05, 0) is 42.0 Å². The average molecular weight is 374 g/mol. The smallest absolute Gasteiger partial charge is 0.229 e. The van der Waals surface area contributed by atoms with Crippen molar-refractivity contribution in [2.24, 2.45) is 0 Å². The number of carbonyl (C=O) groups is 1. The highest BCUT2D eigenvalue weighted by Crippen LogP contribution is 2.19. The minimum absolute atomic E-state index is 0.202. The maximum atomic E-state index is 13.2. The van der Waals surface area contributed by atoms with E-state index in [1.807, 2.05) is 0 Å². The molecule has 2 aromatic carbocycles. The van der Waals surface area contributed by atoms with E-state index in [2.05, 4.69) is 15.6 Å². The van der Waals surface area contributed by atoms with Crippen molar-refractivity contribution in [2.75, 3.05) is 10.6 Å². The van der Waals surface area contributed by atoms with Crippen LogP contribution in [0.25, 0.3) is 0 Å². The molecule has 0 aliphatic rings. The van der Waals surface area contributed by atoms with Crippen molar-refractivity contribution in [1.29, 1.82) is 0 Å². The van der Waals surface area contributed by atoms with Crippen LogP contribution in [0.2, 0.25) is 5.02 Å². The summed E-state index contributed by atoms with van der Waals surface area (Å²) in [5.74, 6) is -1.66. The Morgan fingerprint density at radius 2 is 1.69 bits per heavy atom. The molecule has 0 saturated heterocycles. The van der Waals surface area contributed by atoms with Gasteiger partial charge >= 0.3 is 0 Å². The lowest BCUT2D eigenvalue weighted by Gasteiger charge is -2.08. The zero-order valence-corrected chi connectivity index (χ0v) is 14.2. The maximum Gasteiger partial charge on any atom is 0.229 e. The van der Waals surface area contributed by atoms with E-state index in [-0.39, 0.29) is 12.3 Å². The normalized spacial score (nSPS) is 10.4. The number of anilines is 3. The molecule has 3 rings (SSSR count). The van der Waals surface area contributed by atoms with E-state index in [9.17, 15) is 13.6 Å². The second-order valence-electron chi connectivity index (χ2n) is 5.54. The van der Waals surface area contributed by atoms with Crippen molar-refractivity contribution in [3.8, 4) is 0 Å². The van der Waals surface area contributed by atoms with E-state index in [1.54, 1.807) is 36.4 Å². The molecule has 0 spiro atoms. The van der Waals surface area contributed by atoms with Crippen LogP contribution in [-0.4, -0.2) is 10.9 Å². The number of halogens is 3. The van der Waals surface area contributed by atoms with Crippen molar-refractivity contribution >= 4 is 34.7 Å². The van der Waals surface area contributed by atoms with Crippen LogP contribution in [0.1, 0.15) is 5.56 Å². The van der Waals surface area contributed by atoms with Crippen molar-refractivity contribution in [1.82, 2.24) is 4.98 Å². The number of carbonyl (C=O) groups excluding carboxylic acids is 1. The quantitative estimate of drug-likeness (QED) is 0.666. The summed E-state index contributed by atoms with van der Waals surface area (Å²) in [4.78, 5) is 16.2. The van der Waals surface area contributed by atoms with Gasteiger partial charge in [-0.1, -0.05) is 23.7 Å². The fourth-order valence-corrected chi connectivity index (χ4v) is 2.38. The zero-order chi connectivity index (χ0) is 18.5. The molecule has 1 heterocycles. The van der Waals surface area contributed by atoms with Gasteiger partial charge in [-0.2, -0.15) is 0 Å². The Hall–Kier alpha value is -2.99. The van der Waals surface area contributed by atoms with Crippen molar-refractivity contribution < 1.29 is 13.6 Å². The van der Waals surface area contributed by atoms with Crippen molar-refractivity contribution in [2.45, 2.75) is 6.42 Å². The first-order valence-electron chi connectivity index (χ1n) is 7.72. The third kappa shape index (κ3) is 4.77. The van der Waals surface area contributed by atoms with E-state index in [0.717, 1.165) is 17.7 Å². The SMILES string of the molecule is O=C(Cc1ccc(Cl)cc1)Nc1ccc(Nc2ccc(F)c(F)c2)cn1. The predicted octanol–water partition coefficient (Wildman–Crippen LogP) is 4.94. The molecule has 132 valence electrons. The molecule has 26 heavy (non-hydrogen) atoms. The van der Waals surface area contributed by atoms with Crippen molar-refractivity contribution in [3.05, 3.63) is 83.0 Å². The largest absolute Gasteiger partial charge is 0.354 e. The fourth-order valence-electron chi connectivity index (χ4n) is 2.26. The lowest BCUT2D eigenvalue weighted by atomic mass is 10.1. The molecule has 2 N–H and O–H groups in total. The number of hydrogen-bond acceptors (Lipinski definition) is 3. The Balaban J connectivity index is 1.59. The van der Waals surface area contributed by atoms with Gasteiger partial charge < -0.3 is 10.6 Å². The molecule has 0 aliphatic carbocycles. The molecular weight excluding hydrogens is 360 g/mol. The van der Waals surface area contributed by atoms with E-state index in [0.29, 0.717) is 22.2 Å². The fraction of sp³-hybridized carbons (Fsp3) is 0.0526. The first kappa shape index (κ1) is 17.8. The van der Waals surface area contributed by atoms with Crippen LogP contribution in [0, 0.1) is 11.6 Å². The van der Waals surface area contributed by atoms with Crippen LogP contribution in [0.4, 0.5) is 26.0 Å². The number of rotatable bonds is 5. The summed E-state index contributed by atoms with van der Waals surface area (Å²) in [6.45, 7) is 0. The van der Waals surface area contributed by atoms with Gasteiger partial charge in [0.1, 0.15) is 5.82 Å². The Morgan fingerprint density at radius 3 is 2.35 bits per heavy atom. The van der Waals surface area contributed by atoms with Gasteiger partial charge in [-0.3, -0.25) is 4.79 Å². The molecule has 1 amide bonds. The first-order valence-corrected chi connectivity index (χ1v) is 8.10. The summed E-state index contributed by atoms with van der Waals surface area (Å²) in [7, 11) is 0. The van der Waals surface area contributed by atoms with Crippen LogP contribution < -0.4 is 10.6 Å². The van der Waals surface area contributed by atoms with Gasteiger partial charge in [-0.15, -0.1) is 0 Å². The summed E-state index contributed by atoms with van der Waals surface area (Å²) in [5.41, 5.74) is 1.81. The van der Waals surface area contributed by atoms with Gasteiger partial charge in [-0.25, -0.2) is 13.8 Å². The second-order valence-corrected chi connectivity index (χ2v) is 5.97. The minimum atomic E-state index is -0.936. The topological polar surface area (TPSA) is 54.0 Å². The van der Waals surface area contributed by atoms with E-state index < -0.39 is 11.6 Å². The molecule has 0 unspecified atom stereocenters. The summed E-state index contributed by atoms with van der Waals surface area (Å²) in [6.07, 6.45) is 1.69. The number of pyridine rings is 1. The number of amides is 1. The van der Waals surface area contributed by atoms with Gasteiger partial charge in [0.2, 0.25) is 5.91 Å². The molecule has 0 aliphatic heterocycles. The molecule has 3 aromatic rings. The third-order valence-corrected chi connectivity index (χ3v) is 3.77. The molecule has 0 fully saturated rings. The number of nitrogens with one attached hydrogen (secondary N) is 2. The highest BCUT2D eigenvalue weighted by molar-refractivity contribution is 6.30. The number of nitrogens with zero attached hydrogens (tertiary/aromatic N) is 1. The minimum Gasteiger partial charge on any atom is -0.354 e. The van der Waals surface area contributed by atoms with Crippen LogP contribution in [0.15, 0.2) is 60.8 Å². The standard InChI is InChI=1S/C19H14ClF2N3O/c20-13-3-1-12(2-4-13)9-19(26)25-18-8-6-15(11-23-18)24-14-5-7-16(21)17(22)10-14/h1-8,10-11,24H,9H2,(H,23,25,26). The molecule has 0 saturated carbocycles. The Bertz CT molecular complexity index is 915. The lowest BCUT2D eigenvalue weighted by molar-refractivity contribution is -0.115. The summed E-state index contributed by atoms with van der Waals surface area (Å²) in [6, 6.07) is 13.8. The molecule has 1 aromatic heterocycles.